The monoisotopic (exact) mass is 453 g/mol. The maximum absolute atomic E-state index is 13.4. The lowest BCUT2D eigenvalue weighted by atomic mass is 10.0. The van der Waals surface area contributed by atoms with Crippen LogP contribution in [0.5, 0.6) is 0 Å². The van der Waals surface area contributed by atoms with Gasteiger partial charge in [-0.25, -0.2) is 9.37 Å². The predicted molar refractivity (Wildman–Crippen MR) is 122 cm³/mol. The Bertz CT molecular complexity index is 1210. The number of rotatable bonds is 4. The molecule has 2 aromatic carbocycles. The number of halogens is 1. The number of benzene rings is 2. The van der Waals surface area contributed by atoms with Crippen LogP contribution in [0, 0.1) is 5.82 Å². The summed E-state index contributed by atoms with van der Waals surface area (Å²) in [4.78, 5) is 33.4. The van der Waals surface area contributed by atoms with E-state index in [0.717, 1.165) is 36.4 Å². The van der Waals surface area contributed by atoms with E-state index in [0.29, 0.717) is 22.3 Å². The lowest BCUT2D eigenvalue weighted by Gasteiger charge is -2.29. The van der Waals surface area contributed by atoms with Gasteiger partial charge in [-0.3, -0.25) is 14.2 Å². The van der Waals surface area contributed by atoms with E-state index in [1.54, 1.807) is 12.1 Å². The minimum Gasteiger partial charge on any atom is -0.311 e. The summed E-state index contributed by atoms with van der Waals surface area (Å²) in [5.41, 5.74) is 3.33. The normalized spacial score (nSPS) is 14.9. The molecule has 3 aromatic rings. The van der Waals surface area contributed by atoms with E-state index in [9.17, 15) is 14.0 Å². The van der Waals surface area contributed by atoms with Crippen LogP contribution in [0.3, 0.4) is 0 Å². The highest BCUT2D eigenvalue weighted by molar-refractivity contribution is 8.00. The molecule has 0 saturated heterocycles. The fraction of sp³-hybridized carbons (Fsp3) is 0.261. The Hall–Kier alpha value is -2.58. The molecule has 0 radical (unpaired) electrons. The smallest absolute Gasteiger partial charge is 0.272 e. The van der Waals surface area contributed by atoms with E-state index in [4.69, 9.17) is 4.98 Å². The molecule has 8 heteroatoms. The predicted octanol–water partition coefficient (Wildman–Crippen LogP) is 4.09. The van der Waals surface area contributed by atoms with Crippen LogP contribution in [-0.2, 0) is 17.6 Å². The quantitative estimate of drug-likeness (QED) is 0.440. The zero-order valence-electron chi connectivity index (χ0n) is 16.7. The zero-order chi connectivity index (χ0) is 21.4. The van der Waals surface area contributed by atoms with Gasteiger partial charge in [-0.1, -0.05) is 30.0 Å². The van der Waals surface area contributed by atoms with E-state index in [1.807, 2.05) is 23.1 Å². The van der Waals surface area contributed by atoms with E-state index in [2.05, 4.69) is 6.07 Å². The second-order valence-electron chi connectivity index (χ2n) is 7.45. The Morgan fingerprint density at radius 1 is 1.13 bits per heavy atom. The molecule has 1 aromatic heterocycles. The minimum atomic E-state index is -0.367. The van der Waals surface area contributed by atoms with Gasteiger partial charge >= 0.3 is 0 Å². The third-order valence-corrected chi connectivity index (χ3v) is 7.52. The first-order valence-corrected chi connectivity index (χ1v) is 12.1. The molecule has 158 valence electrons. The molecule has 0 atom stereocenters. The largest absolute Gasteiger partial charge is 0.311 e. The molecule has 31 heavy (non-hydrogen) atoms. The molecular weight excluding hydrogens is 433 g/mol. The fourth-order valence-corrected chi connectivity index (χ4v) is 5.93. The number of fused-ring (bicyclic) bond motifs is 2. The number of carbonyl (C=O) groups is 1. The summed E-state index contributed by atoms with van der Waals surface area (Å²) in [7, 11) is 0. The molecule has 5 nitrogen and oxygen atoms in total. The van der Waals surface area contributed by atoms with Crippen LogP contribution in [0.1, 0.15) is 17.7 Å². The number of para-hydroxylation sites is 1. The number of carbonyl (C=O) groups excluding carboxylic acids is 1. The molecule has 0 bridgehead atoms. The van der Waals surface area contributed by atoms with Gasteiger partial charge in [0, 0.05) is 24.4 Å². The van der Waals surface area contributed by atoms with Crippen LogP contribution < -0.4 is 10.5 Å². The van der Waals surface area contributed by atoms with Crippen molar-refractivity contribution in [2.45, 2.75) is 29.3 Å². The SMILES string of the molecule is O=C(CSc1nc2c(c(=O)n1-c1ccc(F)cc1)SCC2)N1CCCc2ccccc21. The van der Waals surface area contributed by atoms with Crippen molar-refractivity contribution in [3.63, 3.8) is 0 Å². The Balaban J connectivity index is 1.46. The van der Waals surface area contributed by atoms with Gasteiger partial charge in [-0.05, 0) is 48.7 Å². The first kappa shape index (κ1) is 20.3. The third-order valence-electron chi connectivity index (χ3n) is 5.49. The van der Waals surface area contributed by atoms with E-state index in [1.165, 1.54) is 45.8 Å². The zero-order valence-corrected chi connectivity index (χ0v) is 18.3. The van der Waals surface area contributed by atoms with Crippen LogP contribution in [-0.4, -0.2) is 33.5 Å². The molecule has 2 aliphatic heterocycles. The van der Waals surface area contributed by atoms with Crippen molar-refractivity contribution < 1.29 is 9.18 Å². The van der Waals surface area contributed by atoms with Crippen molar-refractivity contribution in [2.75, 3.05) is 23.0 Å². The van der Waals surface area contributed by atoms with Crippen molar-refractivity contribution in [1.82, 2.24) is 9.55 Å². The van der Waals surface area contributed by atoms with Gasteiger partial charge in [-0.15, -0.1) is 11.8 Å². The molecular formula is C23H20FN3O2S2. The maximum Gasteiger partial charge on any atom is 0.272 e. The van der Waals surface area contributed by atoms with Crippen LogP contribution in [0.25, 0.3) is 5.69 Å². The minimum absolute atomic E-state index is 0.00747. The van der Waals surface area contributed by atoms with Crippen molar-refractivity contribution in [1.29, 1.82) is 0 Å². The van der Waals surface area contributed by atoms with E-state index in [-0.39, 0.29) is 23.0 Å². The third kappa shape index (κ3) is 3.90. The van der Waals surface area contributed by atoms with Crippen molar-refractivity contribution in [2.24, 2.45) is 0 Å². The van der Waals surface area contributed by atoms with Gasteiger partial charge in [0.2, 0.25) is 5.91 Å². The fourth-order valence-electron chi connectivity index (χ4n) is 4.00. The number of hydrogen-bond donors (Lipinski definition) is 0. The van der Waals surface area contributed by atoms with Gasteiger partial charge in [0.1, 0.15) is 5.82 Å². The summed E-state index contributed by atoms with van der Waals surface area (Å²) in [6, 6.07) is 13.8. The molecule has 1 amide bonds. The average molecular weight is 454 g/mol. The topological polar surface area (TPSA) is 55.2 Å². The lowest BCUT2D eigenvalue weighted by Crippen LogP contribution is -2.36. The van der Waals surface area contributed by atoms with Gasteiger partial charge in [0.25, 0.3) is 5.56 Å². The van der Waals surface area contributed by atoms with Crippen molar-refractivity contribution >= 4 is 35.1 Å². The van der Waals surface area contributed by atoms with Crippen LogP contribution in [0.2, 0.25) is 0 Å². The second kappa shape index (κ2) is 8.51. The highest BCUT2D eigenvalue weighted by Gasteiger charge is 2.25. The van der Waals surface area contributed by atoms with Gasteiger partial charge in [-0.2, -0.15) is 0 Å². The Morgan fingerprint density at radius 2 is 1.94 bits per heavy atom. The first-order chi connectivity index (χ1) is 15.1. The highest BCUT2D eigenvalue weighted by atomic mass is 32.2. The molecule has 0 spiro atoms. The molecule has 0 fully saturated rings. The average Bonchev–Trinajstić information content (AvgIpc) is 3.27. The summed E-state index contributed by atoms with van der Waals surface area (Å²) < 4.78 is 14.9. The number of amides is 1. The number of thioether (sulfide) groups is 2. The Labute approximate surface area is 187 Å². The van der Waals surface area contributed by atoms with E-state index >= 15 is 0 Å². The molecule has 3 heterocycles. The lowest BCUT2D eigenvalue weighted by molar-refractivity contribution is -0.116. The van der Waals surface area contributed by atoms with Gasteiger partial charge < -0.3 is 4.90 Å². The second-order valence-corrected chi connectivity index (χ2v) is 9.50. The number of hydrogen-bond acceptors (Lipinski definition) is 5. The first-order valence-electron chi connectivity index (χ1n) is 10.2. The Kier molecular flexibility index (Phi) is 5.58. The van der Waals surface area contributed by atoms with Gasteiger partial charge in [0.05, 0.1) is 22.0 Å². The Morgan fingerprint density at radius 3 is 2.77 bits per heavy atom. The summed E-state index contributed by atoms with van der Waals surface area (Å²) >= 11 is 2.76. The molecule has 5 rings (SSSR count). The number of anilines is 1. The highest BCUT2D eigenvalue weighted by Crippen LogP contribution is 2.31. The summed E-state index contributed by atoms with van der Waals surface area (Å²) in [5.74, 6) is 0.618. The van der Waals surface area contributed by atoms with Crippen LogP contribution in [0.15, 0.2) is 63.4 Å². The maximum atomic E-state index is 13.4. The summed E-state index contributed by atoms with van der Waals surface area (Å²) in [6.45, 7) is 0.690. The van der Waals surface area contributed by atoms with Gasteiger partial charge in [0.15, 0.2) is 5.16 Å². The number of nitrogens with zero attached hydrogens (tertiary/aromatic N) is 3. The number of aryl methyl sites for hydroxylation is 2. The van der Waals surface area contributed by atoms with E-state index < -0.39 is 0 Å². The standard InChI is InChI=1S/C23H20FN3O2S2/c24-16-7-9-17(10-8-16)27-22(29)21-18(11-13-30-21)25-23(27)31-14-20(28)26-12-3-5-15-4-1-2-6-19(15)26/h1-2,4,6-10H,3,5,11-14H2. The van der Waals surface area contributed by atoms with Crippen molar-refractivity contribution in [3.8, 4) is 5.69 Å². The molecule has 2 aliphatic rings. The van der Waals surface area contributed by atoms with Crippen molar-refractivity contribution in [3.05, 3.63) is 76.0 Å². The molecule has 0 unspecified atom stereocenters. The number of aromatic nitrogens is 2. The molecule has 0 N–H and O–H groups in total. The van der Waals surface area contributed by atoms with Crippen LogP contribution in [0.4, 0.5) is 10.1 Å². The summed E-state index contributed by atoms with van der Waals surface area (Å²) in [6.07, 6.45) is 2.64. The molecule has 0 aliphatic carbocycles. The summed E-state index contributed by atoms with van der Waals surface area (Å²) in [5, 5.41) is 0.469. The molecule has 0 saturated carbocycles. The van der Waals surface area contributed by atoms with Crippen LogP contribution >= 0.6 is 23.5 Å².